The fourth-order valence-electron chi connectivity index (χ4n) is 2.57. The van der Waals surface area contributed by atoms with Crippen molar-refractivity contribution in [3.63, 3.8) is 0 Å². The molecule has 16 heavy (non-hydrogen) atoms. The summed E-state index contributed by atoms with van der Waals surface area (Å²) in [5, 5.41) is 13.0. The fourth-order valence-corrected chi connectivity index (χ4v) is 2.57. The number of hydrogen-bond acceptors (Lipinski definition) is 2. The van der Waals surface area contributed by atoms with Crippen LogP contribution in [0.25, 0.3) is 0 Å². The van der Waals surface area contributed by atoms with Crippen molar-refractivity contribution < 1.29 is 5.11 Å². The van der Waals surface area contributed by atoms with Gasteiger partial charge in [-0.2, -0.15) is 0 Å². The molecule has 2 rings (SSSR count). The maximum atomic E-state index is 9.37. The predicted octanol–water partition coefficient (Wildman–Crippen LogP) is 2.92. The van der Waals surface area contributed by atoms with Crippen LogP contribution in [0.5, 0.6) is 5.75 Å². The van der Waals surface area contributed by atoms with E-state index in [1.165, 1.54) is 12.8 Å². The van der Waals surface area contributed by atoms with Crippen molar-refractivity contribution in [3.8, 4) is 5.75 Å². The van der Waals surface area contributed by atoms with Crippen molar-refractivity contribution in [2.75, 3.05) is 0 Å². The minimum Gasteiger partial charge on any atom is -0.508 e. The highest BCUT2D eigenvalue weighted by Crippen LogP contribution is 2.31. The normalized spacial score (nSPS) is 29.5. The van der Waals surface area contributed by atoms with Crippen LogP contribution in [0.4, 0.5) is 0 Å². The minimum absolute atomic E-state index is 0.354. The molecular weight excluding hydrogens is 198 g/mol. The van der Waals surface area contributed by atoms with Crippen molar-refractivity contribution in [2.24, 2.45) is 11.8 Å². The Bertz CT molecular complexity index is 350. The summed E-state index contributed by atoms with van der Waals surface area (Å²) in [6.07, 6.45) is 2.61. The number of phenolic OH excluding ortho intramolecular Hbond substituents is 1. The van der Waals surface area contributed by atoms with Gasteiger partial charge in [0.2, 0.25) is 0 Å². The Labute approximate surface area is 97.7 Å². The third kappa shape index (κ3) is 2.56. The first-order chi connectivity index (χ1) is 7.66. The SMILES string of the molecule is CC1CCC(NCc2cccc(O)c2)C1C. The average molecular weight is 219 g/mol. The molecule has 2 nitrogen and oxygen atoms in total. The molecule has 0 heterocycles. The smallest absolute Gasteiger partial charge is 0.115 e. The molecule has 0 amide bonds. The third-order valence-electron chi connectivity index (χ3n) is 3.94. The van der Waals surface area contributed by atoms with Crippen LogP contribution < -0.4 is 5.32 Å². The van der Waals surface area contributed by atoms with Crippen LogP contribution in [-0.4, -0.2) is 11.1 Å². The number of hydrogen-bond donors (Lipinski definition) is 2. The zero-order valence-electron chi connectivity index (χ0n) is 10.1. The second-order valence-corrected chi connectivity index (χ2v) is 5.07. The van der Waals surface area contributed by atoms with Gasteiger partial charge in [-0.1, -0.05) is 26.0 Å². The summed E-state index contributed by atoms with van der Waals surface area (Å²) in [5.41, 5.74) is 1.16. The summed E-state index contributed by atoms with van der Waals surface area (Å²) in [6, 6.07) is 8.13. The van der Waals surface area contributed by atoms with Crippen LogP contribution in [0, 0.1) is 11.8 Å². The zero-order valence-corrected chi connectivity index (χ0v) is 10.1. The summed E-state index contributed by atoms with van der Waals surface area (Å²) >= 11 is 0. The van der Waals surface area contributed by atoms with Gasteiger partial charge in [0, 0.05) is 12.6 Å². The maximum absolute atomic E-state index is 9.37. The minimum atomic E-state index is 0.354. The fraction of sp³-hybridized carbons (Fsp3) is 0.571. The standard InChI is InChI=1S/C14H21NO/c1-10-6-7-14(11(10)2)15-9-12-4-3-5-13(16)8-12/h3-5,8,10-11,14-16H,6-7,9H2,1-2H3. The molecule has 0 aliphatic heterocycles. The molecule has 3 unspecified atom stereocenters. The van der Waals surface area contributed by atoms with Crippen molar-refractivity contribution in [1.29, 1.82) is 0 Å². The predicted molar refractivity (Wildman–Crippen MR) is 66.3 cm³/mol. The lowest BCUT2D eigenvalue weighted by atomic mass is 9.98. The van der Waals surface area contributed by atoms with Crippen LogP contribution in [0.2, 0.25) is 0 Å². The van der Waals surface area contributed by atoms with Gasteiger partial charge in [-0.05, 0) is 42.4 Å². The molecule has 2 N–H and O–H groups in total. The molecule has 0 aromatic heterocycles. The van der Waals surface area contributed by atoms with E-state index in [0.29, 0.717) is 11.8 Å². The van der Waals surface area contributed by atoms with E-state index in [4.69, 9.17) is 0 Å². The molecule has 1 aromatic rings. The monoisotopic (exact) mass is 219 g/mol. The summed E-state index contributed by atoms with van der Waals surface area (Å²) in [6.45, 7) is 5.52. The molecule has 1 saturated carbocycles. The Hall–Kier alpha value is -1.02. The summed E-state index contributed by atoms with van der Waals surface area (Å²) in [4.78, 5) is 0. The molecule has 1 aliphatic rings. The van der Waals surface area contributed by atoms with Gasteiger partial charge in [-0.3, -0.25) is 0 Å². The van der Waals surface area contributed by atoms with Gasteiger partial charge in [0.1, 0.15) is 5.75 Å². The van der Waals surface area contributed by atoms with Crippen LogP contribution in [0.15, 0.2) is 24.3 Å². The van der Waals surface area contributed by atoms with E-state index in [9.17, 15) is 5.11 Å². The van der Waals surface area contributed by atoms with Gasteiger partial charge in [0.25, 0.3) is 0 Å². The first-order valence-electron chi connectivity index (χ1n) is 6.18. The number of aromatic hydroxyl groups is 1. The van der Waals surface area contributed by atoms with Gasteiger partial charge in [0.05, 0.1) is 0 Å². The maximum Gasteiger partial charge on any atom is 0.115 e. The van der Waals surface area contributed by atoms with Crippen molar-refractivity contribution in [2.45, 2.75) is 39.3 Å². The molecule has 1 aliphatic carbocycles. The quantitative estimate of drug-likeness (QED) is 0.819. The van der Waals surface area contributed by atoms with Gasteiger partial charge in [-0.25, -0.2) is 0 Å². The van der Waals surface area contributed by atoms with Gasteiger partial charge in [-0.15, -0.1) is 0 Å². The summed E-state index contributed by atoms with van der Waals surface area (Å²) in [5.74, 6) is 1.95. The van der Waals surface area contributed by atoms with Crippen LogP contribution in [-0.2, 0) is 6.54 Å². The lowest BCUT2D eigenvalue weighted by Crippen LogP contribution is -2.31. The largest absolute Gasteiger partial charge is 0.508 e. The summed E-state index contributed by atoms with van der Waals surface area (Å²) in [7, 11) is 0. The lowest BCUT2D eigenvalue weighted by Gasteiger charge is -2.19. The second kappa shape index (κ2) is 4.88. The van der Waals surface area contributed by atoms with E-state index in [-0.39, 0.29) is 0 Å². The number of benzene rings is 1. The van der Waals surface area contributed by atoms with E-state index in [0.717, 1.165) is 23.9 Å². The average Bonchev–Trinajstić information content (AvgIpc) is 2.57. The molecular formula is C14H21NO. The lowest BCUT2D eigenvalue weighted by molar-refractivity contribution is 0.369. The van der Waals surface area contributed by atoms with Gasteiger partial charge in [0.15, 0.2) is 0 Å². The first kappa shape index (κ1) is 11.5. The molecule has 1 aromatic carbocycles. The second-order valence-electron chi connectivity index (χ2n) is 5.07. The third-order valence-corrected chi connectivity index (χ3v) is 3.94. The molecule has 2 heteroatoms. The molecule has 88 valence electrons. The molecule has 3 atom stereocenters. The van der Waals surface area contributed by atoms with Crippen molar-refractivity contribution >= 4 is 0 Å². The molecule has 0 bridgehead atoms. The van der Waals surface area contributed by atoms with Gasteiger partial charge < -0.3 is 10.4 Å². The Balaban J connectivity index is 1.88. The van der Waals surface area contributed by atoms with Crippen LogP contribution >= 0.6 is 0 Å². The Morgan fingerprint density at radius 3 is 2.75 bits per heavy atom. The molecule has 0 spiro atoms. The highest BCUT2D eigenvalue weighted by molar-refractivity contribution is 5.26. The van der Waals surface area contributed by atoms with Crippen molar-refractivity contribution in [3.05, 3.63) is 29.8 Å². The van der Waals surface area contributed by atoms with E-state index in [2.05, 4.69) is 25.2 Å². The van der Waals surface area contributed by atoms with Crippen molar-refractivity contribution in [1.82, 2.24) is 5.32 Å². The van der Waals surface area contributed by atoms with Gasteiger partial charge >= 0.3 is 0 Å². The first-order valence-corrected chi connectivity index (χ1v) is 6.18. The Kier molecular flexibility index (Phi) is 3.49. The Morgan fingerprint density at radius 2 is 2.12 bits per heavy atom. The van der Waals surface area contributed by atoms with E-state index in [1.807, 2.05) is 12.1 Å². The van der Waals surface area contributed by atoms with Crippen LogP contribution in [0.3, 0.4) is 0 Å². The molecule has 0 saturated heterocycles. The zero-order chi connectivity index (χ0) is 11.5. The van der Waals surface area contributed by atoms with Crippen LogP contribution in [0.1, 0.15) is 32.3 Å². The number of rotatable bonds is 3. The Morgan fingerprint density at radius 1 is 1.31 bits per heavy atom. The number of nitrogens with one attached hydrogen (secondary N) is 1. The molecule has 1 fully saturated rings. The van der Waals surface area contributed by atoms with E-state index >= 15 is 0 Å². The van der Waals surface area contributed by atoms with E-state index in [1.54, 1.807) is 6.07 Å². The highest BCUT2D eigenvalue weighted by Gasteiger charge is 2.28. The van der Waals surface area contributed by atoms with E-state index < -0.39 is 0 Å². The topological polar surface area (TPSA) is 32.3 Å². The highest BCUT2D eigenvalue weighted by atomic mass is 16.3. The molecule has 0 radical (unpaired) electrons. The number of phenols is 1. The summed E-state index contributed by atoms with van der Waals surface area (Å²) < 4.78 is 0.